The molecule has 110 valence electrons. The number of nitrogens with one attached hydrogen (secondary N) is 1. The lowest BCUT2D eigenvalue weighted by molar-refractivity contribution is -0.384. The molecule has 0 radical (unpaired) electrons. The summed E-state index contributed by atoms with van der Waals surface area (Å²) < 4.78 is 13.4. The molecule has 1 aromatic heterocycles. The van der Waals surface area contributed by atoms with E-state index in [1.54, 1.807) is 24.1 Å². The zero-order valence-corrected chi connectivity index (χ0v) is 11.7. The summed E-state index contributed by atoms with van der Waals surface area (Å²) in [5, 5.41) is 14.0. The van der Waals surface area contributed by atoms with Crippen LogP contribution in [0.1, 0.15) is 6.92 Å². The van der Waals surface area contributed by atoms with E-state index in [9.17, 15) is 14.5 Å². The fourth-order valence-electron chi connectivity index (χ4n) is 2.02. The highest BCUT2D eigenvalue weighted by Gasteiger charge is 2.22. The van der Waals surface area contributed by atoms with Gasteiger partial charge in [0, 0.05) is 25.3 Å². The second-order valence-corrected chi connectivity index (χ2v) is 4.27. The average molecular weight is 290 g/mol. The number of nitro groups is 1. The van der Waals surface area contributed by atoms with Crippen LogP contribution in [0.25, 0.3) is 0 Å². The summed E-state index contributed by atoms with van der Waals surface area (Å²) in [6.45, 7) is 2.24. The Bertz CT molecular complexity index is 663. The van der Waals surface area contributed by atoms with Crippen LogP contribution in [0.4, 0.5) is 27.4 Å². The molecule has 6 nitrogen and oxygen atoms in total. The third kappa shape index (κ3) is 3.07. The van der Waals surface area contributed by atoms with E-state index in [-0.39, 0.29) is 11.5 Å². The molecule has 0 fully saturated rings. The van der Waals surface area contributed by atoms with Crippen molar-refractivity contribution in [1.82, 2.24) is 4.98 Å². The maximum atomic E-state index is 13.4. The minimum absolute atomic E-state index is 0.125. The summed E-state index contributed by atoms with van der Waals surface area (Å²) in [5.41, 5.74) is 0.390. The van der Waals surface area contributed by atoms with Gasteiger partial charge in [0.25, 0.3) is 0 Å². The molecule has 0 aliphatic carbocycles. The second kappa shape index (κ2) is 6.17. The lowest BCUT2D eigenvalue weighted by Crippen LogP contribution is -2.19. The molecular formula is C14H15FN4O2. The highest BCUT2D eigenvalue weighted by atomic mass is 19.1. The summed E-state index contributed by atoms with van der Waals surface area (Å²) in [7, 11) is 1.68. The number of hydrogen-bond acceptors (Lipinski definition) is 5. The molecule has 0 amide bonds. The van der Waals surface area contributed by atoms with Gasteiger partial charge in [-0.3, -0.25) is 10.1 Å². The predicted octanol–water partition coefficient (Wildman–Crippen LogP) is 3.33. The first-order valence-electron chi connectivity index (χ1n) is 6.43. The SMILES string of the molecule is CCN(c1cccc(F)c1)c1nc(NC)ccc1[N+](=O)[O-]. The van der Waals surface area contributed by atoms with Crippen molar-refractivity contribution < 1.29 is 9.31 Å². The van der Waals surface area contributed by atoms with Crippen LogP contribution in [-0.4, -0.2) is 23.5 Å². The maximum absolute atomic E-state index is 13.4. The van der Waals surface area contributed by atoms with Crippen LogP contribution in [0.3, 0.4) is 0 Å². The Morgan fingerprint density at radius 3 is 2.71 bits per heavy atom. The van der Waals surface area contributed by atoms with Gasteiger partial charge in [0.15, 0.2) is 0 Å². The fourth-order valence-corrected chi connectivity index (χ4v) is 2.02. The molecule has 0 saturated heterocycles. The topological polar surface area (TPSA) is 71.3 Å². The van der Waals surface area contributed by atoms with Crippen LogP contribution in [0.2, 0.25) is 0 Å². The van der Waals surface area contributed by atoms with E-state index in [0.29, 0.717) is 18.1 Å². The number of aromatic nitrogens is 1. The molecule has 0 aliphatic heterocycles. The third-order valence-corrected chi connectivity index (χ3v) is 3.00. The molecule has 0 spiro atoms. The van der Waals surface area contributed by atoms with E-state index >= 15 is 0 Å². The van der Waals surface area contributed by atoms with Gasteiger partial charge in [-0.05, 0) is 31.2 Å². The van der Waals surface area contributed by atoms with E-state index in [1.165, 1.54) is 24.3 Å². The average Bonchev–Trinajstić information content (AvgIpc) is 2.47. The molecular weight excluding hydrogens is 275 g/mol. The van der Waals surface area contributed by atoms with Crippen LogP contribution in [0.5, 0.6) is 0 Å². The van der Waals surface area contributed by atoms with Crippen LogP contribution in [0.15, 0.2) is 36.4 Å². The summed E-state index contributed by atoms with van der Waals surface area (Å²) in [6.07, 6.45) is 0. The Morgan fingerprint density at radius 1 is 1.38 bits per heavy atom. The van der Waals surface area contributed by atoms with Gasteiger partial charge in [0.2, 0.25) is 5.82 Å². The first-order chi connectivity index (χ1) is 10.1. The molecule has 0 atom stereocenters. The Balaban J connectivity index is 2.57. The normalized spacial score (nSPS) is 10.2. The summed E-state index contributed by atoms with van der Waals surface area (Å²) in [4.78, 5) is 16.5. The van der Waals surface area contributed by atoms with E-state index in [1.807, 2.05) is 6.92 Å². The quantitative estimate of drug-likeness (QED) is 0.675. The minimum atomic E-state index is -0.496. The molecule has 0 aliphatic rings. The molecule has 2 aromatic rings. The van der Waals surface area contributed by atoms with Gasteiger partial charge < -0.3 is 10.2 Å². The smallest absolute Gasteiger partial charge is 0.312 e. The monoisotopic (exact) mass is 290 g/mol. The van der Waals surface area contributed by atoms with Crippen molar-refractivity contribution in [3.8, 4) is 0 Å². The van der Waals surface area contributed by atoms with Gasteiger partial charge in [-0.1, -0.05) is 6.07 Å². The van der Waals surface area contributed by atoms with Crippen LogP contribution in [0, 0.1) is 15.9 Å². The van der Waals surface area contributed by atoms with Crippen LogP contribution >= 0.6 is 0 Å². The molecule has 2 rings (SSSR count). The first kappa shape index (κ1) is 14.7. The van der Waals surface area contributed by atoms with Crippen molar-refractivity contribution in [2.24, 2.45) is 0 Å². The lowest BCUT2D eigenvalue weighted by atomic mass is 10.2. The zero-order valence-electron chi connectivity index (χ0n) is 11.7. The number of rotatable bonds is 5. The third-order valence-electron chi connectivity index (χ3n) is 3.00. The molecule has 7 heteroatoms. The number of halogens is 1. The Hall–Kier alpha value is -2.70. The van der Waals surface area contributed by atoms with Gasteiger partial charge >= 0.3 is 5.69 Å². The van der Waals surface area contributed by atoms with Crippen molar-refractivity contribution in [2.75, 3.05) is 23.8 Å². The van der Waals surface area contributed by atoms with Gasteiger partial charge in [0.1, 0.15) is 11.6 Å². The fraction of sp³-hybridized carbons (Fsp3) is 0.214. The maximum Gasteiger partial charge on any atom is 0.312 e. The molecule has 21 heavy (non-hydrogen) atoms. The molecule has 0 unspecified atom stereocenters. The highest BCUT2D eigenvalue weighted by molar-refractivity contribution is 5.70. The molecule has 0 bridgehead atoms. The number of pyridine rings is 1. The van der Waals surface area contributed by atoms with Crippen molar-refractivity contribution in [1.29, 1.82) is 0 Å². The van der Waals surface area contributed by atoms with Crippen molar-refractivity contribution in [3.63, 3.8) is 0 Å². The Kier molecular flexibility index (Phi) is 4.32. The number of anilines is 3. The van der Waals surface area contributed by atoms with Gasteiger partial charge in [-0.2, -0.15) is 0 Å². The van der Waals surface area contributed by atoms with Crippen molar-refractivity contribution in [3.05, 3.63) is 52.3 Å². The number of hydrogen-bond donors (Lipinski definition) is 1. The van der Waals surface area contributed by atoms with Crippen LogP contribution in [-0.2, 0) is 0 Å². The summed E-state index contributed by atoms with van der Waals surface area (Å²) in [5.74, 6) is 0.281. The second-order valence-electron chi connectivity index (χ2n) is 4.27. The van der Waals surface area contributed by atoms with Crippen molar-refractivity contribution >= 4 is 23.0 Å². The standard InChI is InChI=1S/C14H15FN4O2/c1-3-18(11-6-4-5-10(15)9-11)14-12(19(20)21)7-8-13(16-2)17-14/h4-9H,3H2,1-2H3,(H,16,17). The first-order valence-corrected chi connectivity index (χ1v) is 6.43. The Morgan fingerprint density at radius 2 is 2.14 bits per heavy atom. The minimum Gasteiger partial charge on any atom is -0.373 e. The van der Waals surface area contributed by atoms with Gasteiger partial charge in [-0.15, -0.1) is 0 Å². The molecule has 1 N–H and O–H groups in total. The zero-order chi connectivity index (χ0) is 15.4. The lowest BCUT2D eigenvalue weighted by Gasteiger charge is -2.22. The van der Waals surface area contributed by atoms with Gasteiger partial charge in [-0.25, -0.2) is 9.37 Å². The summed E-state index contributed by atoms with van der Waals surface area (Å²) in [6, 6.07) is 8.80. The molecule has 0 saturated carbocycles. The highest BCUT2D eigenvalue weighted by Crippen LogP contribution is 2.32. The molecule has 1 aromatic carbocycles. The summed E-state index contributed by atoms with van der Waals surface area (Å²) >= 11 is 0. The van der Waals surface area contributed by atoms with Crippen molar-refractivity contribution in [2.45, 2.75) is 6.92 Å². The van der Waals surface area contributed by atoms with E-state index in [2.05, 4.69) is 10.3 Å². The van der Waals surface area contributed by atoms with E-state index < -0.39 is 10.7 Å². The molecule has 1 heterocycles. The van der Waals surface area contributed by atoms with E-state index in [4.69, 9.17) is 0 Å². The largest absolute Gasteiger partial charge is 0.373 e. The predicted molar refractivity (Wildman–Crippen MR) is 79.5 cm³/mol. The van der Waals surface area contributed by atoms with Crippen LogP contribution < -0.4 is 10.2 Å². The number of nitrogens with zero attached hydrogens (tertiary/aromatic N) is 3. The van der Waals surface area contributed by atoms with E-state index in [0.717, 1.165) is 0 Å². The number of benzene rings is 1. The van der Waals surface area contributed by atoms with Gasteiger partial charge in [0.05, 0.1) is 4.92 Å². The Labute approximate surface area is 121 Å².